The van der Waals surface area contributed by atoms with Crippen LogP contribution in [0.4, 0.5) is 5.69 Å². The van der Waals surface area contributed by atoms with Gasteiger partial charge in [0.05, 0.1) is 10.6 Å². The largest absolute Gasteiger partial charge is 0.354 e. The lowest BCUT2D eigenvalue weighted by Gasteiger charge is -2.26. The molecule has 0 atom stereocenters. The number of halogens is 2. The maximum absolute atomic E-state index is 13.5. The number of benzene rings is 3. The summed E-state index contributed by atoms with van der Waals surface area (Å²) in [4.78, 5) is 12.9. The van der Waals surface area contributed by atoms with E-state index in [0.29, 0.717) is 27.8 Å². The molecule has 0 aromatic heterocycles. The van der Waals surface area contributed by atoms with Crippen molar-refractivity contribution in [2.24, 2.45) is 0 Å². The van der Waals surface area contributed by atoms with Gasteiger partial charge in [0.15, 0.2) is 0 Å². The monoisotopic (exact) mass is 550 g/mol. The summed E-state index contributed by atoms with van der Waals surface area (Å²) < 4.78 is 28.1. The molecule has 0 saturated heterocycles. The van der Waals surface area contributed by atoms with Crippen molar-refractivity contribution in [1.29, 1.82) is 0 Å². The molecule has 186 valence electrons. The van der Waals surface area contributed by atoms with Crippen LogP contribution < -0.4 is 9.62 Å². The van der Waals surface area contributed by atoms with Gasteiger partial charge in [-0.05, 0) is 79.6 Å². The molecule has 3 rings (SSSR count). The molecule has 0 fully saturated rings. The van der Waals surface area contributed by atoms with Gasteiger partial charge in [0.1, 0.15) is 6.54 Å². The van der Waals surface area contributed by atoms with E-state index in [0.717, 1.165) is 27.8 Å². The summed E-state index contributed by atoms with van der Waals surface area (Å²) in [6.45, 7) is 3.80. The highest BCUT2D eigenvalue weighted by molar-refractivity contribution is 7.98. The molecule has 0 saturated carbocycles. The van der Waals surface area contributed by atoms with Crippen LogP contribution in [-0.4, -0.2) is 33.2 Å². The standard InChI is InChI=1S/C26H28Cl2N2O3S2/c1-19-4-11-24(12-5-19)35(32,33)30(25-13-10-23(28)16-20(25)2)17-26(31)29-14-3-15-34-18-21-6-8-22(27)9-7-21/h4-13,16H,3,14-15,17-18H2,1-2H3,(H,29,31). The molecular weight excluding hydrogens is 523 g/mol. The number of amides is 1. The van der Waals surface area contributed by atoms with E-state index in [1.54, 1.807) is 61.2 Å². The molecule has 0 heterocycles. The Labute approximate surface area is 221 Å². The van der Waals surface area contributed by atoms with Crippen molar-refractivity contribution in [3.05, 3.63) is 93.5 Å². The molecule has 0 bridgehead atoms. The molecule has 0 unspecified atom stereocenters. The second kappa shape index (κ2) is 12.7. The molecule has 1 amide bonds. The first-order valence-corrected chi connectivity index (χ1v) is 14.5. The third kappa shape index (κ3) is 7.90. The molecule has 0 aliphatic heterocycles. The lowest BCUT2D eigenvalue weighted by molar-refractivity contribution is -0.119. The third-order valence-corrected chi connectivity index (χ3v) is 8.67. The van der Waals surface area contributed by atoms with Crippen LogP contribution in [0.2, 0.25) is 10.0 Å². The summed E-state index contributed by atoms with van der Waals surface area (Å²) in [5.41, 5.74) is 3.23. The Kier molecular flexibility index (Phi) is 9.92. The summed E-state index contributed by atoms with van der Waals surface area (Å²) in [6.07, 6.45) is 0.773. The number of nitrogens with one attached hydrogen (secondary N) is 1. The summed E-state index contributed by atoms with van der Waals surface area (Å²) in [6, 6.07) is 19.3. The van der Waals surface area contributed by atoms with Gasteiger partial charge in [-0.25, -0.2) is 8.42 Å². The summed E-state index contributed by atoms with van der Waals surface area (Å²) >= 11 is 13.8. The van der Waals surface area contributed by atoms with Crippen LogP contribution in [0.5, 0.6) is 0 Å². The van der Waals surface area contributed by atoms with Gasteiger partial charge < -0.3 is 5.32 Å². The highest BCUT2D eigenvalue weighted by Gasteiger charge is 2.28. The summed E-state index contributed by atoms with van der Waals surface area (Å²) in [5, 5.41) is 4.07. The second-order valence-electron chi connectivity index (χ2n) is 8.14. The van der Waals surface area contributed by atoms with E-state index in [4.69, 9.17) is 23.2 Å². The maximum Gasteiger partial charge on any atom is 0.264 e. The van der Waals surface area contributed by atoms with Crippen molar-refractivity contribution in [2.45, 2.75) is 30.9 Å². The van der Waals surface area contributed by atoms with Crippen molar-refractivity contribution in [1.82, 2.24) is 5.32 Å². The fourth-order valence-electron chi connectivity index (χ4n) is 3.39. The number of nitrogens with zero attached hydrogens (tertiary/aromatic N) is 1. The van der Waals surface area contributed by atoms with Gasteiger partial charge >= 0.3 is 0 Å². The predicted molar refractivity (Wildman–Crippen MR) is 147 cm³/mol. The van der Waals surface area contributed by atoms with Crippen molar-refractivity contribution in [3.63, 3.8) is 0 Å². The minimum Gasteiger partial charge on any atom is -0.354 e. The number of hydrogen-bond acceptors (Lipinski definition) is 4. The zero-order valence-electron chi connectivity index (χ0n) is 19.6. The van der Waals surface area contributed by atoms with Crippen molar-refractivity contribution in [3.8, 4) is 0 Å². The molecule has 1 N–H and O–H groups in total. The Morgan fingerprint density at radius 2 is 1.60 bits per heavy atom. The van der Waals surface area contributed by atoms with Crippen LogP contribution in [0.15, 0.2) is 71.6 Å². The number of thioether (sulfide) groups is 1. The highest BCUT2D eigenvalue weighted by Crippen LogP contribution is 2.29. The van der Waals surface area contributed by atoms with E-state index in [1.807, 2.05) is 31.2 Å². The molecule has 3 aromatic carbocycles. The Morgan fingerprint density at radius 3 is 2.26 bits per heavy atom. The zero-order valence-corrected chi connectivity index (χ0v) is 22.8. The molecular formula is C26H28Cl2N2O3S2. The van der Waals surface area contributed by atoms with E-state index in [2.05, 4.69) is 5.32 Å². The molecule has 0 aliphatic rings. The van der Waals surface area contributed by atoms with E-state index in [1.165, 1.54) is 5.56 Å². The second-order valence-corrected chi connectivity index (χ2v) is 12.0. The van der Waals surface area contributed by atoms with Crippen LogP contribution in [-0.2, 0) is 20.6 Å². The first-order chi connectivity index (χ1) is 16.7. The van der Waals surface area contributed by atoms with Crippen LogP contribution >= 0.6 is 35.0 Å². The van der Waals surface area contributed by atoms with Crippen molar-refractivity contribution < 1.29 is 13.2 Å². The predicted octanol–water partition coefficient (Wildman–Crippen LogP) is 6.25. The first kappa shape index (κ1) is 27.4. The first-order valence-electron chi connectivity index (χ1n) is 11.1. The van der Waals surface area contributed by atoms with Crippen LogP contribution in [0, 0.1) is 13.8 Å². The van der Waals surface area contributed by atoms with E-state index < -0.39 is 10.0 Å². The average molecular weight is 552 g/mol. The fourth-order valence-corrected chi connectivity index (χ4v) is 6.15. The number of hydrogen-bond donors (Lipinski definition) is 1. The van der Waals surface area contributed by atoms with Crippen molar-refractivity contribution in [2.75, 3.05) is 23.1 Å². The number of rotatable bonds is 11. The van der Waals surface area contributed by atoms with Gasteiger partial charge in [-0.3, -0.25) is 9.10 Å². The molecule has 0 aliphatic carbocycles. The lowest BCUT2D eigenvalue weighted by atomic mass is 10.2. The maximum atomic E-state index is 13.5. The van der Waals surface area contributed by atoms with Gasteiger partial charge in [-0.15, -0.1) is 0 Å². The number of sulfonamides is 1. The van der Waals surface area contributed by atoms with Gasteiger partial charge in [0.2, 0.25) is 5.91 Å². The molecule has 0 radical (unpaired) electrons. The summed E-state index contributed by atoms with van der Waals surface area (Å²) in [5.74, 6) is 1.37. The Morgan fingerprint density at radius 1 is 0.943 bits per heavy atom. The Hall–Kier alpha value is -2.19. The SMILES string of the molecule is Cc1ccc(S(=O)(=O)N(CC(=O)NCCCSCc2ccc(Cl)cc2)c2ccc(Cl)cc2C)cc1. The molecule has 3 aromatic rings. The van der Waals surface area contributed by atoms with Gasteiger partial charge in [0.25, 0.3) is 10.0 Å². The number of anilines is 1. The molecule has 9 heteroatoms. The van der Waals surface area contributed by atoms with E-state index >= 15 is 0 Å². The molecule has 35 heavy (non-hydrogen) atoms. The van der Waals surface area contributed by atoms with E-state index in [-0.39, 0.29) is 17.3 Å². The Bertz CT molecular complexity index is 1250. The molecule has 0 spiro atoms. The highest BCUT2D eigenvalue weighted by atomic mass is 35.5. The quantitative estimate of drug-likeness (QED) is 0.287. The normalized spacial score (nSPS) is 11.3. The van der Waals surface area contributed by atoms with Crippen LogP contribution in [0.1, 0.15) is 23.1 Å². The number of carbonyl (C=O) groups is 1. The summed E-state index contributed by atoms with van der Waals surface area (Å²) in [7, 11) is -3.96. The topological polar surface area (TPSA) is 66.5 Å². The van der Waals surface area contributed by atoms with Gasteiger partial charge in [0, 0.05) is 22.3 Å². The zero-order chi connectivity index (χ0) is 25.4. The number of aryl methyl sites for hydroxylation is 2. The van der Waals surface area contributed by atoms with Crippen molar-refractivity contribution >= 4 is 56.6 Å². The lowest BCUT2D eigenvalue weighted by Crippen LogP contribution is -2.41. The van der Waals surface area contributed by atoms with Gasteiger partial charge in [-0.1, -0.05) is 53.0 Å². The fraction of sp³-hybridized carbons (Fsp3) is 0.269. The molecule has 5 nitrogen and oxygen atoms in total. The van der Waals surface area contributed by atoms with Gasteiger partial charge in [-0.2, -0.15) is 11.8 Å². The van der Waals surface area contributed by atoms with Crippen LogP contribution in [0.3, 0.4) is 0 Å². The Balaban J connectivity index is 1.62. The smallest absolute Gasteiger partial charge is 0.264 e. The van der Waals surface area contributed by atoms with E-state index in [9.17, 15) is 13.2 Å². The minimum atomic E-state index is -3.96. The number of carbonyl (C=O) groups excluding carboxylic acids is 1. The third-order valence-electron chi connectivity index (χ3n) is 5.29. The van der Waals surface area contributed by atoms with Crippen LogP contribution in [0.25, 0.3) is 0 Å². The average Bonchev–Trinajstić information content (AvgIpc) is 2.81. The minimum absolute atomic E-state index is 0.129.